The molecule has 0 saturated heterocycles. The van der Waals surface area contributed by atoms with E-state index in [2.05, 4.69) is 72.0 Å². The van der Waals surface area contributed by atoms with Gasteiger partial charge in [0.15, 0.2) is 0 Å². The van der Waals surface area contributed by atoms with Gasteiger partial charge >= 0.3 is 0 Å². The molecule has 2 heteroatoms. The van der Waals surface area contributed by atoms with Gasteiger partial charge < -0.3 is 5.32 Å². The van der Waals surface area contributed by atoms with Crippen molar-refractivity contribution in [1.29, 1.82) is 0 Å². The minimum atomic E-state index is 1.11. The molecule has 0 saturated carbocycles. The maximum Gasteiger partial charge on any atom is 0.0390 e. The van der Waals surface area contributed by atoms with Gasteiger partial charge in [0.25, 0.3) is 0 Å². The van der Waals surface area contributed by atoms with Crippen molar-refractivity contribution in [1.82, 2.24) is 0 Å². The molecule has 0 atom stereocenters. The summed E-state index contributed by atoms with van der Waals surface area (Å²) in [6.45, 7) is 0. The Kier molecular flexibility index (Phi) is 3.03. The van der Waals surface area contributed by atoms with Gasteiger partial charge in [-0.25, -0.2) is 0 Å². The van der Waals surface area contributed by atoms with E-state index >= 15 is 0 Å². The van der Waals surface area contributed by atoms with Gasteiger partial charge in [0.05, 0.1) is 0 Å². The molecule has 1 N–H and O–H groups in total. The van der Waals surface area contributed by atoms with Crippen LogP contribution in [0.4, 0.5) is 11.4 Å². The van der Waals surface area contributed by atoms with Gasteiger partial charge in [0.2, 0.25) is 0 Å². The fraction of sp³-hybridized carbons (Fsp3) is 0. The minimum Gasteiger partial charge on any atom is -0.356 e. The maximum absolute atomic E-state index is 3.47. The van der Waals surface area contributed by atoms with Crippen LogP contribution in [-0.4, -0.2) is 0 Å². The molecule has 114 valence electrons. The van der Waals surface area contributed by atoms with Crippen LogP contribution in [0.2, 0.25) is 0 Å². The van der Waals surface area contributed by atoms with E-state index in [9.17, 15) is 0 Å². The van der Waals surface area contributed by atoms with Gasteiger partial charge in [-0.2, -0.15) is 0 Å². The lowest BCUT2D eigenvalue weighted by molar-refractivity contribution is 1.57. The van der Waals surface area contributed by atoms with E-state index in [0.29, 0.717) is 0 Å². The van der Waals surface area contributed by atoms with Crippen LogP contribution in [-0.2, 0) is 0 Å². The molecule has 0 fully saturated rings. The second-order valence-electron chi connectivity index (χ2n) is 6.00. The average Bonchev–Trinajstić information content (AvgIpc) is 2.98. The highest BCUT2D eigenvalue weighted by atomic mass is 32.1. The summed E-state index contributed by atoms with van der Waals surface area (Å²) in [6.07, 6.45) is 0. The van der Waals surface area contributed by atoms with Crippen LogP contribution in [0.1, 0.15) is 0 Å². The van der Waals surface area contributed by atoms with Crippen molar-refractivity contribution in [3.8, 4) is 0 Å². The number of anilines is 2. The van der Waals surface area contributed by atoms with Crippen LogP contribution in [0.15, 0.2) is 84.9 Å². The molecule has 24 heavy (non-hydrogen) atoms. The molecule has 0 radical (unpaired) electrons. The monoisotopic (exact) mass is 325 g/mol. The summed E-state index contributed by atoms with van der Waals surface area (Å²) in [4.78, 5) is 0. The molecule has 0 spiro atoms. The fourth-order valence-electron chi connectivity index (χ4n) is 3.23. The fourth-order valence-corrected chi connectivity index (χ4v) is 4.37. The molecule has 0 amide bonds. The maximum atomic E-state index is 3.47. The van der Waals surface area contributed by atoms with Crippen LogP contribution < -0.4 is 5.32 Å². The highest BCUT2D eigenvalue weighted by Crippen LogP contribution is 2.36. The second-order valence-corrected chi connectivity index (χ2v) is 7.08. The van der Waals surface area contributed by atoms with Crippen LogP contribution in [0.5, 0.6) is 0 Å². The van der Waals surface area contributed by atoms with Crippen molar-refractivity contribution < 1.29 is 0 Å². The van der Waals surface area contributed by atoms with E-state index < -0.39 is 0 Å². The Balaban J connectivity index is 1.66. The SMILES string of the molecule is c1ccc(Nc2ccc3cc4c(cc3c2)sc2ccccc24)cc1. The Labute approximate surface area is 144 Å². The van der Waals surface area contributed by atoms with Crippen molar-refractivity contribution >= 4 is 53.7 Å². The summed E-state index contributed by atoms with van der Waals surface area (Å²) < 4.78 is 2.70. The Morgan fingerprint density at radius 1 is 0.542 bits per heavy atom. The van der Waals surface area contributed by atoms with Crippen molar-refractivity contribution in [2.45, 2.75) is 0 Å². The van der Waals surface area contributed by atoms with Gasteiger partial charge in [0.1, 0.15) is 0 Å². The molecule has 0 unspecified atom stereocenters. The van der Waals surface area contributed by atoms with Gasteiger partial charge in [-0.05, 0) is 53.2 Å². The first-order valence-corrected chi connectivity index (χ1v) is 8.86. The third kappa shape index (κ3) is 2.24. The lowest BCUT2D eigenvalue weighted by Gasteiger charge is -2.08. The molecule has 5 rings (SSSR count). The predicted molar refractivity (Wildman–Crippen MR) is 107 cm³/mol. The Morgan fingerprint density at radius 3 is 2.29 bits per heavy atom. The van der Waals surface area contributed by atoms with E-state index in [0.717, 1.165) is 11.4 Å². The van der Waals surface area contributed by atoms with E-state index in [1.807, 2.05) is 29.5 Å². The number of thiophene rings is 1. The molecule has 0 aliphatic rings. The summed E-state index contributed by atoms with van der Waals surface area (Å²) >= 11 is 1.87. The van der Waals surface area contributed by atoms with Crippen molar-refractivity contribution in [3.05, 3.63) is 84.9 Å². The van der Waals surface area contributed by atoms with Crippen molar-refractivity contribution in [2.24, 2.45) is 0 Å². The first-order valence-electron chi connectivity index (χ1n) is 8.04. The van der Waals surface area contributed by atoms with E-state index in [1.165, 1.54) is 30.9 Å². The van der Waals surface area contributed by atoms with Crippen LogP contribution in [0, 0.1) is 0 Å². The van der Waals surface area contributed by atoms with Gasteiger partial charge in [0, 0.05) is 31.5 Å². The van der Waals surface area contributed by atoms with Gasteiger partial charge in [-0.3, -0.25) is 0 Å². The summed E-state index contributed by atoms with van der Waals surface area (Å²) in [5.74, 6) is 0. The van der Waals surface area contributed by atoms with E-state index in [1.54, 1.807) is 0 Å². The van der Waals surface area contributed by atoms with Crippen LogP contribution >= 0.6 is 11.3 Å². The molecular weight excluding hydrogens is 310 g/mol. The number of hydrogen-bond acceptors (Lipinski definition) is 2. The number of rotatable bonds is 2. The summed E-state index contributed by atoms with van der Waals surface area (Å²) in [7, 11) is 0. The minimum absolute atomic E-state index is 1.11. The molecule has 1 aromatic heterocycles. The number of para-hydroxylation sites is 1. The zero-order chi connectivity index (χ0) is 15.9. The zero-order valence-electron chi connectivity index (χ0n) is 13.0. The first-order chi connectivity index (χ1) is 11.9. The third-order valence-electron chi connectivity index (χ3n) is 4.40. The normalized spacial score (nSPS) is 11.3. The molecule has 1 heterocycles. The van der Waals surface area contributed by atoms with E-state index in [4.69, 9.17) is 0 Å². The smallest absolute Gasteiger partial charge is 0.0390 e. The quantitative estimate of drug-likeness (QED) is 0.370. The zero-order valence-corrected chi connectivity index (χ0v) is 13.8. The number of hydrogen-bond donors (Lipinski definition) is 1. The second kappa shape index (κ2) is 5.36. The Bertz CT molecular complexity index is 1170. The lowest BCUT2D eigenvalue weighted by atomic mass is 10.1. The highest BCUT2D eigenvalue weighted by Gasteiger charge is 2.06. The molecule has 4 aromatic carbocycles. The Morgan fingerprint density at radius 2 is 1.38 bits per heavy atom. The number of nitrogens with one attached hydrogen (secondary N) is 1. The molecule has 0 aliphatic heterocycles. The predicted octanol–water partition coefficient (Wildman–Crippen LogP) is 6.95. The molecule has 5 aromatic rings. The molecule has 0 bridgehead atoms. The average molecular weight is 325 g/mol. The summed E-state index contributed by atoms with van der Waals surface area (Å²) in [5.41, 5.74) is 2.23. The largest absolute Gasteiger partial charge is 0.356 e. The lowest BCUT2D eigenvalue weighted by Crippen LogP contribution is -1.89. The summed E-state index contributed by atoms with van der Waals surface area (Å²) in [6, 6.07) is 30.1. The Hall–Kier alpha value is -2.84. The van der Waals surface area contributed by atoms with Crippen LogP contribution in [0.25, 0.3) is 30.9 Å². The molecule has 1 nitrogen and oxygen atoms in total. The van der Waals surface area contributed by atoms with Crippen molar-refractivity contribution in [3.63, 3.8) is 0 Å². The molecular formula is C22H15NS. The van der Waals surface area contributed by atoms with Crippen molar-refractivity contribution in [2.75, 3.05) is 5.32 Å². The van der Waals surface area contributed by atoms with E-state index in [-0.39, 0.29) is 0 Å². The topological polar surface area (TPSA) is 12.0 Å². The van der Waals surface area contributed by atoms with Crippen LogP contribution in [0.3, 0.4) is 0 Å². The number of fused-ring (bicyclic) bond motifs is 4. The molecule has 0 aliphatic carbocycles. The highest BCUT2D eigenvalue weighted by molar-refractivity contribution is 7.25. The van der Waals surface area contributed by atoms with Gasteiger partial charge in [-0.1, -0.05) is 42.5 Å². The number of benzene rings is 4. The summed E-state index contributed by atoms with van der Waals surface area (Å²) in [5, 5.41) is 8.74. The van der Waals surface area contributed by atoms with Gasteiger partial charge in [-0.15, -0.1) is 11.3 Å². The first kappa shape index (κ1) is 13.6. The standard InChI is InChI=1S/C22H15NS/c1-2-6-17(7-3-1)23-18-11-10-15-13-20-19-8-4-5-9-21(19)24-22(20)14-16(15)12-18/h1-14,23H. The third-order valence-corrected chi connectivity index (χ3v) is 5.53.